The number of amides is 1. The molecule has 1 unspecified atom stereocenters. The number of carboxylic acids is 1. The highest BCUT2D eigenvalue weighted by Crippen LogP contribution is 2.59. The predicted octanol–water partition coefficient (Wildman–Crippen LogP) is 4.27. The number of carbonyl (C=O) groups is 4. The average molecular weight is 586 g/mol. The topological polar surface area (TPSA) is 158 Å². The molecule has 0 saturated heterocycles. The van der Waals surface area contributed by atoms with Crippen LogP contribution in [0.3, 0.4) is 0 Å². The highest BCUT2D eigenvalue weighted by molar-refractivity contribution is 5.95. The normalized spacial score (nSPS) is 15.3. The first kappa shape index (κ1) is 29.2. The summed E-state index contributed by atoms with van der Waals surface area (Å²) in [6, 6.07) is 14.0. The number of benzene rings is 3. The van der Waals surface area contributed by atoms with Crippen molar-refractivity contribution in [1.82, 2.24) is 5.32 Å². The summed E-state index contributed by atoms with van der Waals surface area (Å²) in [5.74, 6) is -2.02. The molecule has 0 bridgehead atoms. The van der Waals surface area contributed by atoms with Crippen molar-refractivity contribution in [2.24, 2.45) is 0 Å². The Morgan fingerprint density at radius 3 is 1.91 bits per heavy atom. The molecule has 43 heavy (non-hydrogen) atoms. The van der Waals surface area contributed by atoms with E-state index in [9.17, 15) is 24.3 Å². The van der Waals surface area contributed by atoms with E-state index in [4.69, 9.17) is 24.1 Å². The van der Waals surface area contributed by atoms with Crippen molar-refractivity contribution in [3.63, 3.8) is 0 Å². The molecular weight excluding hydrogens is 558 g/mol. The van der Waals surface area contributed by atoms with E-state index < -0.39 is 35.7 Å². The third-order valence-electron chi connectivity index (χ3n) is 6.87. The maximum atomic E-state index is 12.7. The minimum atomic E-state index is -1.47. The fourth-order valence-electron chi connectivity index (χ4n) is 4.86. The molecule has 0 aliphatic carbocycles. The molecule has 3 aromatic rings. The first-order chi connectivity index (χ1) is 20.4. The van der Waals surface area contributed by atoms with Crippen molar-refractivity contribution in [2.45, 2.75) is 32.2 Å². The molecule has 0 fully saturated rings. The maximum Gasteiger partial charge on any atom is 0.338 e. The van der Waals surface area contributed by atoms with Gasteiger partial charge in [0, 0.05) is 57.6 Å². The summed E-state index contributed by atoms with van der Waals surface area (Å²) in [4.78, 5) is 47.9. The van der Waals surface area contributed by atoms with Crippen molar-refractivity contribution in [2.75, 3.05) is 6.54 Å². The van der Waals surface area contributed by atoms with Gasteiger partial charge in [0.1, 0.15) is 23.0 Å². The van der Waals surface area contributed by atoms with Crippen molar-refractivity contribution in [3.05, 3.63) is 107 Å². The lowest BCUT2D eigenvalue weighted by molar-refractivity contribution is -0.142. The minimum Gasteiger partial charge on any atom is -0.481 e. The highest BCUT2D eigenvalue weighted by Gasteiger charge is 2.53. The summed E-state index contributed by atoms with van der Waals surface area (Å²) < 4.78 is 23.3. The van der Waals surface area contributed by atoms with Gasteiger partial charge in [0.15, 0.2) is 11.9 Å². The van der Waals surface area contributed by atoms with Gasteiger partial charge in [0.25, 0.3) is 5.91 Å². The Morgan fingerprint density at radius 2 is 1.40 bits per heavy atom. The molecule has 2 heterocycles. The van der Waals surface area contributed by atoms with Gasteiger partial charge in [-0.15, -0.1) is 0 Å². The molecule has 0 radical (unpaired) electrons. The van der Waals surface area contributed by atoms with Crippen molar-refractivity contribution in [1.29, 1.82) is 0 Å². The summed E-state index contributed by atoms with van der Waals surface area (Å²) in [6.07, 6.45) is -1.71. The van der Waals surface area contributed by atoms with Gasteiger partial charge in [0.05, 0.1) is 6.42 Å². The van der Waals surface area contributed by atoms with Crippen LogP contribution in [0.25, 0.3) is 0 Å². The van der Waals surface area contributed by atoms with Crippen LogP contribution in [0.5, 0.6) is 23.0 Å². The van der Waals surface area contributed by atoms with E-state index in [1.165, 1.54) is 32.0 Å². The molecular formula is C32H27NO10. The molecule has 0 saturated carbocycles. The Kier molecular flexibility index (Phi) is 7.61. The Hall–Kier alpha value is -5.26. The molecule has 1 amide bonds. The second-order valence-electron chi connectivity index (χ2n) is 10.1. The van der Waals surface area contributed by atoms with E-state index in [2.05, 4.69) is 18.5 Å². The zero-order valence-corrected chi connectivity index (χ0v) is 23.3. The number of fused-ring (bicyclic) bond motifs is 6. The molecule has 220 valence electrons. The monoisotopic (exact) mass is 585 g/mol. The molecule has 2 aliphatic heterocycles. The Bertz CT molecular complexity index is 1650. The molecule has 2 aliphatic rings. The van der Waals surface area contributed by atoms with Crippen LogP contribution in [0.4, 0.5) is 0 Å². The van der Waals surface area contributed by atoms with Crippen LogP contribution in [-0.4, -0.2) is 40.6 Å². The molecule has 11 heteroatoms. The van der Waals surface area contributed by atoms with E-state index in [0.717, 1.165) is 0 Å². The molecule has 0 aromatic heterocycles. The first-order valence-corrected chi connectivity index (χ1v) is 13.1. The maximum absolute atomic E-state index is 12.7. The number of aliphatic carboxylic acids is 1. The number of rotatable bonds is 8. The van der Waals surface area contributed by atoms with E-state index in [-0.39, 0.29) is 52.7 Å². The number of ether oxygens (including phenoxy) is 4. The van der Waals surface area contributed by atoms with Crippen LogP contribution in [0, 0.1) is 0 Å². The fraction of sp³-hybridized carbons (Fsp3) is 0.188. The van der Waals surface area contributed by atoms with Crippen LogP contribution in [0.15, 0.2) is 78.9 Å². The van der Waals surface area contributed by atoms with E-state index >= 15 is 0 Å². The number of carbonyl (C=O) groups excluding carboxylic acids is 3. The van der Waals surface area contributed by atoms with Crippen LogP contribution in [0.1, 0.15) is 59.2 Å². The first-order valence-electron chi connectivity index (χ1n) is 13.1. The third kappa shape index (κ3) is 5.39. The van der Waals surface area contributed by atoms with Crippen molar-refractivity contribution >= 4 is 23.8 Å². The largest absolute Gasteiger partial charge is 0.481 e. The standard InChI is InChI=1S/C32H27NO10/c1-16(2)29(37)40-19-6-9-23-25(14-19)42-26-15-20(41-30(38)17(3)4)7-10-24(26)32(23)22-8-5-18(13-21(22)31(39)43-32)28(36)33-12-11-27(34)35/h5-10,13-15,31,39H,1,3,11-12H2,2,4H3,(H,33,36)(H,34,35). The lowest BCUT2D eigenvalue weighted by Crippen LogP contribution is -2.33. The van der Waals surface area contributed by atoms with E-state index in [1.54, 1.807) is 36.4 Å². The summed E-state index contributed by atoms with van der Waals surface area (Å²) in [5.41, 5.74) is 0.902. The molecule has 1 spiro atoms. The zero-order valence-electron chi connectivity index (χ0n) is 23.3. The Morgan fingerprint density at radius 1 is 0.860 bits per heavy atom. The van der Waals surface area contributed by atoms with Crippen molar-refractivity contribution < 1.29 is 48.3 Å². The molecule has 3 N–H and O–H groups in total. The SMILES string of the molecule is C=C(C)C(=O)Oc1ccc2c(c1)Oc1cc(OC(=O)C(=C)C)ccc1C21OC(O)c2cc(C(=O)NCCC(=O)O)ccc21. The summed E-state index contributed by atoms with van der Waals surface area (Å²) in [6.45, 7) is 10.2. The second kappa shape index (κ2) is 11.2. The van der Waals surface area contributed by atoms with Gasteiger partial charge < -0.3 is 34.5 Å². The smallest absolute Gasteiger partial charge is 0.338 e. The summed E-state index contributed by atoms with van der Waals surface area (Å²) >= 11 is 0. The van der Waals surface area contributed by atoms with E-state index in [0.29, 0.717) is 22.3 Å². The Balaban J connectivity index is 1.62. The quantitative estimate of drug-likeness (QED) is 0.198. The highest BCUT2D eigenvalue weighted by atomic mass is 16.6. The number of nitrogens with one attached hydrogen (secondary N) is 1. The van der Waals surface area contributed by atoms with Crippen LogP contribution < -0.4 is 19.5 Å². The number of aliphatic hydroxyl groups excluding tert-OH is 1. The van der Waals surface area contributed by atoms with Gasteiger partial charge in [-0.3, -0.25) is 9.59 Å². The number of esters is 2. The van der Waals surface area contributed by atoms with Crippen LogP contribution in [0.2, 0.25) is 0 Å². The summed E-state index contributed by atoms with van der Waals surface area (Å²) in [7, 11) is 0. The number of hydrogen-bond donors (Lipinski definition) is 3. The van der Waals surface area contributed by atoms with Gasteiger partial charge in [-0.05, 0) is 50.2 Å². The lowest BCUT2D eigenvalue weighted by Gasteiger charge is -2.37. The Labute approximate surface area is 246 Å². The molecule has 3 aromatic carbocycles. The fourth-order valence-corrected chi connectivity index (χ4v) is 4.86. The number of hydrogen-bond acceptors (Lipinski definition) is 9. The predicted molar refractivity (Wildman–Crippen MR) is 151 cm³/mol. The second-order valence-corrected chi connectivity index (χ2v) is 10.1. The van der Waals surface area contributed by atoms with Crippen LogP contribution >= 0.6 is 0 Å². The lowest BCUT2D eigenvalue weighted by atomic mass is 9.77. The third-order valence-corrected chi connectivity index (χ3v) is 6.87. The average Bonchev–Trinajstić information content (AvgIpc) is 3.24. The summed E-state index contributed by atoms with van der Waals surface area (Å²) in [5, 5.41) is 22.5. The van der Waals surface area contributed by atoms with Crippen LogP contribution in [-0.2, 0) is 24.7 Å². The van der Waals surface area contributed by atoms with E-state index in [1.807, 2.05) is 0 Å². The minimum absolute atomic E-state index is 0.0666. The molecule has 1 atom stereocenters. The molecule has 11 nitrogen and oxygen atoms in total. The zero-order chi connectivity index (χ0) is 31.1. The number of carboxylic acid groups (broad SMARTS) is 1. The van der Waals surface area contributed by atoms with Gasteiger partial charge in [-0.25, -0.2) is 9.59 Å². The van der Waals surface area contributed by atoms with Gasteiger partial charge in [-0.2, -0.15) is 0 Å². The molecule has 5 rings (SSSR count). The van der Waals surface area contributed by atoms with Gasteiger partial charge in [0.2, 0.25) is 0 Å². The number of aliphatic hydroxyl groups is 1. The van der Waals surface area contributed by atoms with Gasteiger partial charge >= 0.3 is 17.9 Å². The van der Waals surface area contributed by atoms with Gasteiger partial charge in [-0.1, -0.05) is 19.2 Å². The van der Waals surface area contributed by atoms with Crippen molar-refractivity contribution in [3.8, 4) is 23.0 Å².